The molecule has 2 unspecified atom stereocenters. The van der Waals surface area contributed by atoms with E-state index in [1.807, 2.05) is 36.1 Å². The maximum Gasteiger partial charge on any atom is 0.318 e. The highest BCUT2D eigenvalue weighted by molar-refractivity contribution is 5.77. The van der Waals surface area contributed by atoms with Crippen molar-refractivity contribution in [2.45, 2.75) is 44.7 Å². The molecule has 6 nitrogen and oxygen atoms in total. The Labute approximate surface area is 135 Å². The van der Waals surface area contributed by atoms with Crippen molar-refractivity contribution < 1.29 is 9.90 Å². The number of imidazole rings is 1. The molecule has 0 saturated carbocycles. The van der Waals surface area contributed by atoms with Crippen molar-refractivity contribution in [2.24, 2.45) is 0 Å². The maximum atomic E-state index is 12.5. The Bertz CT molecular complexity index is 636. The number of aliphatic hydroxyl groups excluding tert-OH is 1. The first-order valence-electron chi connectivity index (χ1n) is 8.31. The number of aromatic amines is 1. The lowest BCUT2D eigenvalue weighted by Crippen LogP contribution is -2.43. The summed E-state index contributed by atoms with van der Waals surface area (Å²) in [6.45, 7) is 2.88. The van der Waals surface area contributed by atoms with Crippen molar-refractivity contribution >= 4 is 17.1 Å². The number of para-hydroxylation sites is 2. The predicted molar refractivity (Wildman–Crippen MR) is 89.1 cm³/mol. The van der Waals surface area contributed by atoms with E-state index in [-0.39, 0.29) is 24.7 Å². The van der Waals surface area contributed by atoms with Gasteiger partial charge in [0, 0.05) is 19.2 Å². The fraction of sp³-hybridized carbons (Fsp3) is 0.529. The molecule has 1 aliphatic rings. The molecule has 124 valence electrons. The number of urea groups is 1. The van der Waals surface area contributed by atoms with Crippen LogP contribution in [0, 0.1) is 0 Å². The number of fused-ring (bicyclic) bond motifs is 1. The van der Waals surface area contributed by atoms with Gasteiger partial charge in [-0.3, -0.25) is 0 Å². The van der Waals surface area contributed by atoms with Crippen LogP contribution in [0.4, 0.5) is 4.79 Å². The van der Waals surface area contributed by atoms with Crippen LogP contribution in [0.15, 0.2) is 24.3 Å². The molecule has 0 aliphatic carbocycles. The zero-order chi connectivity index (χ0) is 16.2. The van der Waals surface area contributed by atoms with Gasteiger partial charge in [-0.25, -0.2) is 9.78 Å². The number of nitrogens with one attached hydrogen (secondary N) is 2. The summed E-state index contributed by atoms with van der Waals surface area (Å²) >= 11 is 0. The summed E-state index contributed by atoms with van der Waals surface area (Å²) in [5.41, 5.74) is 1.94. The summed E-state index contributed by atoms with van der Waals surface area (Å²) in [5.74, 6) is 0.863. The van der Waals surface area contributed by atoms with E-state index in [0.717, 1.165) is 42.7 Å². The molecular formula is C17H24N4O2. The molecule has 3 N–H and O–H groups in total. The largest absolute Gasteiger partial charge is 0.396 e. The molecule has 3 rings (SSSR count). The summed E-state index contributed by atoms with van der Waals surface area (Å²) in [6.07, 6.45) is 3.40. The van der Waals surface area contributed by atoms with Gasteiger partial charge in [0.25, 0.3) is 0 Å². The van der Waals surface area contributed by atoms with E-state index in [9.17, 15) is 4.79 Å². The van der Waals surface area contributed by atoms with Gasteiger partial charge in [-0.1, -0.05) is 12.1 Å². The molecule has 2 amide bonds. The molecule has 1 aliphatic heterocycles. The first-order chi connectivity index (χ1) is 11.2. The van der Waals surface area contributed by atoms with Crippen molar-refractivity contribution in [1.29, 1.82) is 0 Å². The van der Waals surface area contributed by atoms with E-state index in [0.29, 0.717) is 6.42 Å². The van der Waals surface area contributed by atoms with Gasteiger partial charge in [0.2, 0.25) is 0 Å². The van der Waals surface area contributed by atoms with Crippen molar-refractivity contribution in [1.82, 2.24) is 20.2 Å². The summed E-state index contributed by atoms with van der Waals surface area (Å²) in [7, 11) is 0. The molecule has 0 radical (unpaired) electrons. The maximum absolute atomic E-state index is 12.5. The molecule has 2 heterocycles. The topological polar surface area (TPSA) is 81.2 Å². The Hall–Kier alpha value is -2.08. The second kappa shape index (κ2) is 7.00. The monoisotopic (exact) mass is 316 g/mol. The Morgan fingerprint density at radius 2 is 2.35 bits per heavy atom. The average Bonchev–Trinajstić information content (AvgIpc) is 3.18. The Morgan fingerprint density at radius 1 is 1.52 bits per heavy atom. The predicted octanol–water partition coefficient (Wildman–Crippen LogP) is 2.57. The first kappa shape index (κ1) is 15.8. The minimum atomic E-state index is -0.0432. The molecule has 1 saturated heterocycles. The van der Waals surface area contributed by atoms with E-state index >= 15 is 0 Å². The number of hydrogen-bond donors (Lipinski definition) is 3. The molecule has 1 aromatic heterocycles. The molecule has 0 spiro atoms. The molecular weight excluding hydrogens is 292 g/mol. The van der Waals surface area contributed by atoms with Crippen LogP contribution in [0.3, 0.4) is 0 Å². The molecule has 1 fully saturated rings. The van der Waals surface area contributed by atoms with E-state index in [2.05, 4.69) is 15.3 Å². The fourth-order valence-electron chi connectivity index (χ4n) is 3.19. The van der Waals surface area contributed by atoms with Crippen molar-refractivity contribution in [3.63, 3.8) is 0 Å². The van der Waals surface area contributed by atoms with Crippen LogP contribution >= 0.6 is 0 Å². The number of rotatable bonds is 5. The van der Waals surface area contributed by atoms with Crippen molar-refractivity contribution in [2.75, 3.05) is 13.2 Å². The van der Waals surface area contributed by atoms with Gasteiger partial charge in [-0.2, -0.15) is 0 Å². The summed E-state index contributed by atoms with van der Waals surface area (Å²) in [6, 6.07) is 7.95. The van der Waals surface area contributed by atoms with Crippen LogP contribution in [0.1, 0.15) is 44.5 Å². The average molecular weight is 316 g/mol. The summed E-state index contributed by atoms with van der Waals surface area (Å²) < 4.78 is 0. The van der Waals surface area contributed by atoms with Crippen molar-refractivity contribution in [3.8, 4) is 0 Å². The normalized spacial score (nSPS) is 19.2. The lowest BCUT2D eigenvalue weighted by atomic mass is 10.2. The van der Waals surface area contributed by atoms with Gasteiger partial charge in [0.15, 0.2) is 0 Å². The number of aliphatic hydroxyl groups is 1. The highest BCUT2D eigenvalue weighted by Gasteiger charge is 2.32. The third-order valence-electron chi connectivity index (χ3n) is 4.40. The number of aromatic nitrogens is 2. The van der Waals surface area contributed by atoms with Crippen LogP contribution in [0.25, 0.3) is 11.0 Å². The van der Waals surface area contributed by atoms with E-state index in [4.69, 9.17) is 5.11 Å². The summed E-state index contributed by atoms with van der Waals surface area (Å²) in [5, 5.41) is 11.9. The van der Waals surface area contributed by atoms with Crippen LogP contribution in [0.2, 0.25) is 0 Å². The molecule has 1 aromatic carbocycles. The number of carbonyl (C=O) groups is 1. The number of likely N-dealkylation sites (tertiary alicyclic amines) is 1. The first-order valence-corrected chi connectivity index (χ1v) is 8.31. The molecule has 0 bridgehead atoms. The number of carbonyl (C=O) groups excluding carboxylic acids is 1. The van der Waals surface area contributed by atoms with Gasteiger partial charge in [0.05, 0.1) is 17.1 Å². The fourth-order valence-corrected chi connectivity index (χ4v) is 3.19. The molecule has 23 heavy (non-hydrogen) atoms. The van der Waals surface area contributed by atoms with Gasteiger partial charge >= 0.3 is 6.03 Å². The number of hydrogen-bond acceptors (Lipinski definition) is 3. The quantitative estimate of drug-likeness (QED) is 0.793. The molecule has 2 aromatic rings. The lowest BCUT2D eigenvalue weighted by Gasteiger charge is -2.25. The number of nitrogens with zero attached hydrogens (tertiary/aromatic N) is 2. The SMILES string of the molecule is CC(CCCO)NC(=O)N1CCCC1c1nc2ccccc2[nH]1. The van der Waals surface area contributed by atoms with E-state index in [1.54, 1.807) is 0 Å². The van der Waals surface area contributed by atoms with Crippen LogP contribution in [-0.4, -0.2) is 45.2 Å². The third kappa shape index (κ3) is 3.47. The minimum Gasteiger partial charge on any atom is -0.396 e. The van der Waals surface area contributed by atoms with E-state index in [1.165, 1.54) is 0 Å². The van der Waals surface area contributed by atoms with Gasteiger partial charge in [-0.15, -0.1) is 0 Å². The van der Waals surface area contributed by atoms with Crippen LogP contribution in [-0.2, 0) is 0 Å². The Kier molecular flexibility index (Phi) is 4.81. The standard InChI is InChI=1S/C17H24N4O2/c1-12(6-5-11-22)18-17(23)21-10-4-9-15(21)16-19-13-7-2-3-8-14(13)20-16/h2-3,7-8,12,15,22H,4-6,9-11H2,1H3,(H,18,23)(H,19,20). The highest BCUT2D eigenvalue weighted by atomic mass is 16.3. The number of amides is 2. The molecule has 2 atom stereocenters. The summed E-state index contributed by atoms with van der Waals surface area (Å²) in [4.78, 5) is 22.4. The highest BCUT2D eigenvalue weighted by Crippen LogP contribution is 2.31. The van der Waals surface area contributed by atoms with Gasteiger partial charge in [-0.05, 0) is 44.7 Å². The molecule has 6 heteroatoms. The van der Waals surface area contributed by atoms with Crippen LogP contribution in [0.5, 0.6) is 0 Å². The Balaban J connectivity index is 1.70. The third-order valence-corrected chi connectivity index (χ3v) is 4.40. The zero-order valence-electron chi connectivity index (χ0n) is 13.5. The lowest BCUT2D eigenvalue weighted by molar-refractivity contribution is 0.186. The zero-order valence-corrected chi connectivity index (χ0v) is 13.5. The van der Waals surface area contributed by atoms with E-state index < -0.39 is 0 Å². The second-order valence-corrected chi connectivity index (χ2v) is 6.21. The van der Waals surface area contributed by atoms with Gasteiger partial charge in [0.1, 0.15) is 5.82 Å². The number of H-pyrrole nitrogens is 1. The van der Waals surface area contributed by atoms with Crippen LogP contribution < -0.4 is 5.32 Å². The smallest absolute Gasteiger partial charge is 0.318 e. The Morgan fingerprint density at radius 3 is 3.13 bits per heavy atom. The number of benzene rings is 1. The minimum absolute atomic E-state index is 0.00689. The second-order valence-electron chi connectivity index (χ2n) is 6.21. The van der Waals surface area contributed by atoms with Gasteiger partial charge < -0.3 is 20.3 Å². The van der Waals surface area contributed by atoms with Crippen molar-refractivity contribution in [3.05, 3.63) is 30.1 Å².